The highest BCUT2D eigenvalue weighted by atomic mass is 32.1. The van der Waals surface area contributed by atoms with Gasteiger partial charge in [0, 0.05) is 28.6 Å². The average molecular weight is 521 g/mol. The second-order valence-electron chi connectivity index (χ2n) is 8.28. The Morgan fingerprint density at radius 3 is 2.21 bits per heavy atom. The van der Waals surface area contributed by atoms with E-state index in [4.69, 9.17) is 0 Å². The molecule has 11 heteroatoms. The lowest BCUT2D eigenvalue weighted by atomic mass is 9.97. The number of nitro groups is 1. The second kappa shape index (κ2) is 9.30. The van der Waals surface area contributed by atoms with Gasteiger partial charge in [0.15, 0.2) is 0 Å². The summed E-state index contributed by atoms with van der Waals surface area (Å²) in [6.07, 6.45) is 1.29. The molecule has 0 radical (unpaired) electrons. The number of nitro benzene ring substituents is 1. The zero-order chi connectivity index (χ0) is 26.2. The van der Waals surface area contributed by atoms with E-state index in [2.05, 4.69) is 20.3 Å². The van der Waals surface area contributed by atoms with E-state index in [0.717, 1.165) is 32.7 Å². The molecule has 0 spiro atoms. The maximum Gasteiger partial charge on any atom is 0.349 e. The number of aromatic amines is 1. The number of hydrogen-bond acceptors (Lipinski definition) is 8. The first-order chi connectivity index (χ1) is 18.5. The Morgan fingerprint density at radius 1 is 0.895 bits per heavy atom. The predicted molar refractivity (Wildman–Crippen MR) is 147 cm³/mol. The summed E-state index contributed by atoms with van der Waals surface area (Å²) in [6.45, 7) is 0. The average Bonchev–Trinajstić information content (AvgIpc) is 3.32. The van der Waals surface area contributed by atoms with Gasteiger partial charge in [-0.2, -0.15) is 5.10 Å². The van der Waals surface area contributed by atoms with Crippen LogP contribution in [0.5, 0.6) is 0 Å². The Labute approximate surface area is 217 Å². The molecule has 38 heavy (non-hydrogen) atoms. The third-order valence-corrected chi connectivity index (χ3v) is 7.03. The highest BCUT2D eigenvalue weighted by Gasteiger charge is 2.22. The third-order valence-electron chi connectivity index (χ3n) is 5.96. The Balaban J connectivity index is 1.57. The summed E-state index contributed by atoms with van der Waals surface area (Å²) in [5.74, 6) is 0. The van der Waals surface area contributed by atoms with Gasteiger partial charge in [-0.1, -0.05) is 60.7 Å². The maximum absolute atomic E-state index is 13.4. The Morgan fingerprint density at radius 2 is 1.55 bits per heavy atom. The summed E-state index contributed by atoms with van der Waals surface area (Å²) in [4.78, 5) is 40.1. The van der Waals surface area contributed by atoms with Crippen LogP contribution in [-0.2, 0) is 0 Å². The fourth-order valence-electron chi connectivity index (χ4n) is 4.20. The molecule has 184 valence electrons. The first-order valence-corrected chi connectivity index (χ1v) is 12.2. The Kier molecular flexibility index (Phi) is 5.66. The van der Waals surface area contributed by atoms with E-state index >= 15 is 0 Å². The zero-order valence-corrected chi connectivity index (χ0v) is 20.3. The summed E-state index contributed by atoms with van der Waals surface area (Å²) >= 11 is 1.12. The number of benzene rings is 3. The van der Waals surface area contributed by atoms with Gasteiger partial charge in [-0.3, -0.25) is 14.9 Å². The third kappa shape index (κ3) is 3.96. The number of nitrogens with one attached hydrogen (secondary N) is 1. The number of nitrogens with zero attached hydrogens (tertiary/aromatic N) is 5. The summed E-state index contributed by atoms with van der Waals surface area (Å²) in [5, 5.41) is 24.5. The van der Waals surface area contributed by atoms with E-state index in [-0.39, 0.29) is 10.4 Å². The molecule has 0 fully saturated rings. The van der Waals surface area contributed by atoms with Crippen LogP contribution in [0, 0.1) is 10.1 Å². The van der Waals surface area contributed by atoms with Gasteiger partial charge in [0.2, 0.25) is 0 Å². The van der Waals surface area contributed by atoms with Crippen molar-refractivity contribution < 1.29 is 4.92 Å². The van der Waals surface area contributed by atoms with E-state index in [0.29, 0.717) is 27.0 Å². The fourth-order valence-corrected chi connectivity index (χ4v) is 5.21. The van der Waals surface area contributed by atoms with Crippen LogP contribution in [0.25, 0.3) is 42.8 Å². The number of non-ortho nitro benzene ring substituents is 1. The number of fused-ring (bicyclic) bond motifs is 3. The molecule has 3 heterocycles. The highest BCUT2D eigenvalue weighted by molar-refractivity contribution is 7.25. The molecule has 0 aliphatic carbocycles. The smallest absolute Gasteiger partial charge is 0.304 e. The summed E-state index contributed by atoms with van der Waals surface area (Å²) in [5.41, 5.74) is 2.56. The molecule has 0 saturated carbocycles. The van der Waals surface area contributed by atoms with Crippen LogP contribution < -0.4 is 11.2 Å². The van der Waals surface area contributed by atoms with Crippen molar-refractivity contribution in [1.29, 1.82) is 0 Å². The lowest BCUT2D eigenvalue weighted by Crippen LogP contribution is -2.31. The summed E-state index contributed by atoms with van der Waals surface area (Å²) in [6, 6.07) is 24.8. The predicted octanol–water partition coefficient (Wildman–Crippen LogP) is 4.82. The van der Waals surface area contributed by atoms with Gasteiger partial charge in [0.05, 0.1) is 16.7 Å². The maximum atomic E-state index is 13.4. The largest absolute Gasteiger partial charge is 0.349 e. The first-order valence-electron chi connectivity index (χ1n) is 11.4. The number of hydrogen-bond donors (Lipinski definition) is 1. The van der Waals surface area contributed by atoms with Crippen molar-refractivity contribution in [2.45, 2.75) is 0 Å². The van der Waals surface area contributed by atoms with Crippen molar-refractivity contribution in [3.05, 3.63) is 121 Å². The molecule has 0 amide bonds. The first kappa shape index (κ1) is 23.1. The quantitative estimate of drug-likeness (QED) is 0.197. The Hall–Kier alpha value is -5.29. The monoisotopic (exact) mass is 520 g/mol. The van der Waals surface area contributed by atoms with Crippen molar-refractivity contribution in [2.24, 2.45) is 5.10 Å². The summed E-state index contributed by atoms with van der Waals surface area (Å²) in [7, 11) is 0. The molecule has 1 N–H and O–H groups in total. The van der Waals surface area contributed by atoms with Crippen LogP contribution in [0.3, 0.4) is 0 Å². The minimum Gasteiger partial charge on any atom is -0.304 e. The topological polar surface area (TPSA) is 136 Å². The van der Waals surface area contributed by atoms with E-state index in [1.165, 1.54) is 30.5 Å². The molecule has 3 aromatic heterocycles. The van der Waals surface area contributed by atoms with E-state index in [1.54, 1.807) is 0 Å². The van der Waals surface area contributed by atoms with Gasteiger partial charge in [0.1, 0.15) is 15.2 Å². The van der Waals surface area contributed by atoms with Gasteiger partial charge in [0.25, 0.3) is 11.2 Å². The van der Waals surface area contributed by atoms with Crippen LogP contribution in [0.15, 0.2) is 99.6 Å². The van der Waals surface area contributed by atoms with Crippen LogP contribution in [0.2, 0.25) is 0 Å². The van der Waals surface area contributed by atoms with Crippen molar-refractivity contribution in [3.63, 3.8) is 0 Å². The molecule has 10 nitrogen and oxygen atoms in total. The summed E-state index contributed by atoms with van der Waals surface area (Å²) < 4.78 is 1.00. The molecule has 0 saturated heterocycles. The molecule has 0 bridgehead atoms. The molecule has 0 aliphatic rings. The van der Waals surface area contributed by atoms with Gasteiger partial charge >= 0.3 is 5.69 Å². The number of aromatic nitrogens is 4. The Bertz CT molecular complexity index is 1980. The van der Waals surface area contributed by atoms with Crippen molar-refractivity contribution >= 4 is 43.7 Å². The SMILES string of the molecule is O=c1[nH]c2c(sc3nnc(-c4ccccc4)c(-c4ccccc4)c32)c(=O)n1/N=C/c1ccc([N+](=O)[O-])cc1. The minimum absolute atomic E-state index is 0.0749. The molecule has 0 unspecified atom stereocenters. The number of H-pyrrole nitrogens is 1. The van der Waals surface area contributed by atoms with E-state index in [9.17, 15) is 19.7 Å². The number of thiophene rings is 1. The molecule has 6 rings (SSSR count). The highest BCUT2D eigenvalue weighted by Crippen LogP contribution is 2.40. The lowest BCUT2D eigenvalue weighted by molar-refractivity contribution is -0.384. The van der Waals surface area contributed by atoms with Crippen LogP contribution in [-0.4, -0.2) is 31.0 Å². The number of rotatable bonds is 5. The van der Waals surface area contributed by atoms with Gasteiger partial charge < -0.3 is 4.98 Å². The second-order valence-corrected chi connectivity index (χ2v) is 9.28. The van der Waals surface area contributed by atoms with E-state index in [1.807, 2.05) is 60.7 Å². The van der Waals surface area contributed by atoms with E-state index < -0.39 is 16.2 Å². The molecule has 0 aliphatic heterocycles. The molecule has 0 atom stereocenters. The van der Waals surface area contributed by atoms with Gasteiger partial charge in [-0.25, -0.2) is 4.79 Å². The molecular formula is C27H16N6O4S. The fraction of sp³-hybridized carbons (Fsp3) is 0. The van der Waals surface area contributed by atoms with Crippen molar-refractivity contribution in [1.82, 2.24) is 19.9 Å². The normalized spacial score (nSPS) is 11.5. The van der Waals surface area contributed by atoms with Gasteiger partial charge in [-0.15, -0.1) is 26.2 Å². The molecule has 6 aromatic rings. The zero-order valence-electron chi connectivity index (χ0n) is 19.4. The van der Waals surface area contributed by atoms with Crippen LogP contribution in [0.1, 0.15) is 5.56 Å². The lowest BCUT2D eigenvalue weighted by Gasteiger charge is -2.10. The minimum atomic E-state index is -0.725. The van der Waals surface area contributed by atoms with Crippen molar-refractivity contribution in [2.75, 3.05) is 0 Å². The van der Waals surface area contributed by atoms with Crippen LogP contribution >= 0.6 is 11.3 Å². The molecule has 3 aromatic carbocycles. The van der Waals surface area contributed by atoms with Gasteiger partial charge in [-0.05, 0) is 23.3 Å². The molecular weight excluding hydrogens is 504 g/mol. The standard InChI is InChI=1S/C27H16N6O4S/c34-26-24-23(29-27(35)32(26)28-15-16-11-13-19(14-12-16)33(36)37)21-20(17-7-3-1-4-8-17)22(30-31-25(21)38-24)18-9-5-2-6-10-18/h1-15H,(H,29,35)/b28-15+. The van der Waals surface area contributed by atoms with Crippen molar-refractivity contribution in [3.8, 4) is 22.4 Å². The van der Waals surface area contributed by atoms with Crippen LogP contribution in [0.4, 0.5) is 5.69 Å².